The molecule has 4 rings (SSSR count). The molecule has 0 aromatic heterocycles. The SMILES string of the molecule is O=C([C@H]1CCCN(Cc2cccc([N+](=O)[O-])c2)C1)N1CCC(Cc2ccccc2)CC1. The molecule has 0 unspecified atom stereocenters. The van der Waals surface area contributed by atoms with Crippen molar-refractivity contribution in [1.82, 2.24) is 9.80 Å². The van der Waals surface area contributed by atoms with Gasteiger partial charge in [-0.3, -0.25) is 19.8 Å². The highest BCUT2D eigenvalue weighted by atomic mass is 16.6. The summed E-state index contributed by atoms with van der Waals surface area (Å²) in [5.41, 5.74) is 2.45. The van der Waals surface area contributed by atoms with Gasteiger partial charge in [0.1, 0.15) is 0 Å². The second kappa shape index (κ2) is 10.1. The van der Waals surface area contributed by atoms with Crippen LogP contribution < -0.4 is 0 Å². The number of likely N-dealkylation sites (tertiary alicyclic amines) is 2. The highest BCUT2D eigenvalue weighted by Crippen LogP contribution is 2.26. The minimum absolute atomic E-state index is 0.0399. The second-order valence-corrected chi connectivity index (χ2v) is 8.96. The van der Waals surface area contributed by atoms with Gasteiger partial charge in [0.15, 0.2) is 0 Å². The maximum Gasteiger partial charge on any atom is 0.269 e. The van der Waals surface area contributed by atoms with Crippen molar-refractivity contribution in [1.29, 1.82) is 0 Å². The van der Waals surface area contributed by atoms with E-state index in [1.165, 1.54) is 11.6 Å². The minimum atomic E-state index is -0.354. The zero-order valence-corrected chi connectivity index (χ0v) is 18.0. The smallest absolute Gasteiger partial charge is 0.269 e. The molecule has 6 nitrogen and oxygen atoms in total. The van der Waals surface area contributed by atoms with E-state index in [2.05, 4.69) is 40.1 Å². The van der Waals surface area contributed by atoms with Crippen LogP contribution in [0.5, 0.6) is 0 Å². The summed E-state index contributed by atoms with van der Waals surface area (Å²) >= 11 is 0. The molecular weight excluding hydrogens is 390 g/mol. The summed E-state index contributed by atoms with van der Waals surface area (Å²) in [4.78, 5) is 28.2. The van der Waals surface area contributed by atoms with E-state index in [0.717, 1.165) is 63.8 Å². The van der Waals surface area contributed by atoms with Crippen molar-refractivity contribution in [2.24, 2.45) is 11.8 Å². The van der Waals surface area contributed by atoms with Crippen LogP contribution in [0.3, 0.4) is 0 Å². The molecule has 2 aliphatic rings. The number of amides is 1. The maximum absolute atomic E-state index is 13.2. The predicted octanol–water partition coefficient (Wildman–Crippen LogP) is 4.29. The first kappa shape index (κ1) is 21.5. The van der Waals surface area contributed by atoms with Crippen molar-refractivity contribution in [2.45, 2.75) is 38.6 Å². The van der Waals surface area contributed by atoms with Gasteiger partial charge in [0, 0.05) is 38.3 Å². The number of carbonyl (C=O) groups is 1. The zero-order chi connectivity index (χ0) is 21.6. The zero-order valence-electron chi connectivity index (χ0n) is 18.0. The molecule has 2 heterocycles. The monoisotopic (exact) mass is 421 g/mol. The highest BCUT2D eigenvalue weighted by Gasteiger charge is 2.31. The van der Waals surface area contributed by atoms with Gasteiger partial charge in [0.25, 0.3) is 5.69 Å². The van der Waals surface area contributed by atoms with Crippen molar-refractivity contribution in [3.8, 4) is 0 Å². The number of hydrogen-bond acceptors (Lipinski definition) is 4. The van der Waals surface area contributed by atoms with Gasteiger partial charge >= 0.3 is 0 Å². The predicted molar refractivity (Wildman–Crippen MR) is 121 cm³/mol. The molecule has 2 aromatic carbocycles. The number of nitro groups is 1. The molecule has 1 amide bonds. The van der Waals surface area contributed by atoms with E-state index in [0.29, 0.717) is 18.4 Å². The molecule has 2 aromatic rings. The van der Waals surface area contributed by atoms with Gasteiger partial charge in [-0.2, -0.15) is 0 Å². The van der Waals surface area contributed by atoms with E-state index in [1.807, 2.05) is 6.07 Å². The number of hydrogen-bond donors (Lipinski definition) is 0. The van der Waals surface area contributed by atoms with Crippen LogP contribution >= 0.6 is 0 Å². The van der Waals surface area contributed by atoms with Crippen LogP contribution in [0.15, 0.2) is 54.6 Å². The van der Waals surface area contributed by atoms with E-state index in [9.17, 15) is 14.9 Å². The van der Waals surface area contributed by atoms with Crippen LogP contribution in [0.25, 0.3) is 0 Å². The fraction of sp³-hybridized carbons (Fsp3) is 0.480. The average molecular weight is 422 g/mol. The van der Waals surface area contributed by atoms with Gasteiger partial charge < -0.3 is 4.90 Å². The number of rotatable bonds is 6. The average Bonchev–Trinajstić information content (AvgIpc) is 2.80. The van der Waals surface area contributed by atoms with Crippen LogP contribution in [0.4, 0.5) is 5.69 Å². The van der Waals surface area contributed by atoms with E-state index < -0.39 is 0 Å². The Balaban J connectivity index is 1.28. The molecule has 2 aliphatic heterocycles. The molecule has 164 valence electrons. The summed E-state index contributed by atoms with van der Waals surface area (Å²) in [6.45, 7) is 4.05. The quantitative estimate of drug-likeness (QED) is 0.516. The van der Waals surface area contributed by atoms with Crippen molar-refractivity contribution >= 4 is 11.6 Å². The second-order valence-electron chi connectivity index (χ2n) is 8.96. The van der Waals surface area contributed by atoms with Gasteiger partial charge in [-0.05, 0) is 55.7 Å². The first-order chi connectivity index (χ1) is 15.1. The number of nitrogens with zero attached hydrogens (tertiary/aromatic N) is 3. The molecule has 1 atom stereocenters. The molecule has 0 aliphatic carbocycles. The third-order valence-corrected chi connectivity index (χ3v) is 6.68. The summed E-state index contributed by atoms with van der Waals surface area (Å²) in [5, 5.41) is 11.0. The summed E-state index contributed by atoms with van der Waals surface area (Å²) in [6.07, 6.45) is 5.18. The first-order valence-corrected chi connectivity index (χ1v) is 11.4. The van der Waals surface area contributed by atoms with Gasteiger partial charge in [0.05, 0.1) is 10.8 Å². The molecule has 0 spiro atoms. The number of carbonyl (C=O) groups excluding carboxylic acids is 1. The molecule has 2 saturated heterocycles. The Bertz CT molecular complexity index is 894. The normalized spacial score (nSPS) is 20.5. The molecule has 0 bridgehead atoms. The van der Waals surface area contributed by atoms with E-state index in [4.69, 9.17) is 0 Å². The van der Waals surface area contributed by atoms with Crippen LogP contribution in [0, 0.1) is 22.0 Å². The number of non-ortho nitro benzene ring substituents is 1. The van der Waals surface area contributed by atoms with E-state index in [1.54, 1.807) is 12.1 Å². The Hall–Kier alpha value is -2.73. The lowest BCUT2D eigenvalue weighted by Crippen LogP contribution is -2.47. The first-order valence-electron chi connectivity index (χ1n) is 11.4. The van der Waals surface area contributed by atoms with Gasteiger partial charge in [-0.15, -0.1) is 0 Å². The number of nitro benzene ring substituents is 1. The summed E-state index contributed by atoms with van der Waals surface area (Å²) in [5.74, 6) is 0.989. The molecular formula is C25H31N3O3. The summed E-state index contributed by atoms with van der Waals surface area (Å²) < 4.78 is 0. The Morgan fingerprint density at radius 3 is 2.45 bits per heavy atom. The molecule has 0 saturated carbocycles. The lowest BCUT2D eigenvalue weighted by atomic mass is 9.89. The van der Waals surface area contributed by atoms with Gasteiger partial charge in [0.2, 0.25) is 5.91 Å². The van der Waals surface area contributed by atoms with Gasteiger partial charge in [-0.25, -0.2) is 0 Å². The standard InChI is InChI=1S/C25H31N3O3/c29-25(27-14-11-21(12-15-27)16-20-6-2-1-3-7-20)23-9-5-13-26(19-23)18-22-8-4-10-24(17-22)28(30)31/h1-4,6-8,10,17,21,23H,5,9,11-16,18-19H2/t23-/m0/s1. The van der Waals surface area contributed by atoms with Crippen molar-refractivity contribution in [3.05, 3.63) is 75.8 Å². The molecule has 2 fully saturated rings. The van der Waals surface area contributed by atoms with Crippen LogP contribution in [-0.4, -0.2) is 46.8 Å². The lowest BCUT2D eigenvalue weighted by Gasteiger charge is -2.38. The van der Waals surface area contributed by atoms with Gasteiger partial charge in [-0.1, -0.05) is 42.5 Å². The molecule has 31 heavy (non-hydrogen) atoms. The Morgan fingerprint density at radius 1 is 0.968 bits per heavy atom. The maximum atomic E-state index is 13.2. The number of benzene rings is 2. The van der Waals surface area contributed by atoms with Crippen molar-refractivity contribution in [3.63, 3.8) is 0 Å². The van der Waals surface area contributed by atoms with Crippen LogP contribution in [-0.2, 0) is 17.8 Å². The number of piperidine rings is 2. The van der Waals surface area contributed by atoms with Crippen molar-refractivity contribution < 1.29 is 9.72 Å². The van der Waals surface area contributed by atoms with E-state index in [-0.39, 0.29) is 16.5 Å². The Labute approximate surface area is 184 Å². The molecule has 0 radical (unpaired) electrons. The Morgan fingerprint density at radius 2 is 1.71 bits per heavy atom. The minimum Gasteiger partial charge on any atom is -0.342 e. The third kappa shape index (κ3) is 5.70. The third-order valence-electron chi connectivity index (χ3n) is 6.68. The largest absolute Gasteiger partial charge is 0.342 e. The Kier molecular flexibility index (Phi) is 6.97. The lowest BCUT2D eigenvalue weighted by molar-refractivity contribution is -0.384. The molecule has 6 heteroatoms. The fourth-order valence-corrected chi connectivity index (χ4v) is 4.99. The van der Waals surface area contributed by atoms with Crippen LogP contribution in [0.1, 0.15) is 36.8 Å². The molecule has 0 N–H and O–H groups in total. The highest BCUT2D eigenvalue weighted by molar-refractivity contribution is 5.79. The van der Waals surface area contributed by atoms with Crippen molar-refractivity contribution in [2.75, 3.05) is 26.2 Å². The summed E-state index contributed by atoms with van der Waals surface area (Å²) in [7, 11) is 0. The van der Waals surface area contributed by atoms with Crippen LogP contribution in [0.2, 0.25) is 0 Å². The topological polar surface area (TPSA) is 66.7 Å². The fourth-order valence-electron chi connectivity index (χ4n) is 4.99. The van der Waals surface area contributed by atoms with E-state index >= 15 is 0 Å². The summed E-state index contributed by atoms with van der Waals surface area (Å²) in [6, 6.07) is 17.4.